The number of aryl methyl sites for hydroxylation is 2. The number of aromatic nitrogens is 3. The average Bonchev–Trinajstić information content (AvgIpc) is 2.77. The summed E-state index contributed by atoms with van der Waals surface area (Å²) in [5, 5.41) is 21.5. The van der Waals surface area contributed by atoms with E-state index in [1.165, 1.54) is 23.0 Å². The van der Waals surface area contributed by atoms with Gasteiger partial charge >= 0.3 is 5.63 Å². The number of phenolic OH excluding ortho intramolecular Hbond substituents is 1. The van der Waals surface area contributed by atoms with Crippen LogP contribution in [0, 0.1) is 18.6 Å². The standard InChI is InChI=1S/C14H12N4O3S/c1-7-5-12(20)21-13-9(7)3-4-11(19)10(13)6-15-18-8(2)16-17-14(18)22/h3-6,19H,1-2H3,(H,17,22)/b15-6+. The maximum atomic E-state index is 11.6. The van der Waals surface area contributed by atoms with Gasteiger partial charge in [-0.1, -0.05) is 0 Å². The van der Waals surface area contributed by atoms with Crippen LogP contribution < -0.4 is 5.63 Å². The zero-order chi connectivity index (χ0) is 15.9. The Bertz CT molecular complexity index is 1010. The van der Waals surface area contributed by atoms with Gasteiger partial charge in [-0.3, -0.25) is 5.10 Å². The number of benzene rings is 1. The van der Waals surface area contributed by atoms with Crippen LogP contribution in [-0.4, -0.2) is 26.2 Å². The molecule has 3 rings (SSSR count). The summed E-state index contributed by atoms with van der Waals surface area (Å²) in [6, 6.07) is 4.61. The lowest BCUT2D eigenvalue weighted by Gasteiger charge is -2.05. The molecule has 0 aliphatic rings. The number of nitrogens with zero attached hydrogens (tertiary/aromatic N) is 3. The zero-order valence-electron chi connectivity index (χ0n) is 11.8. The van der Waals surface area contributed by atoms with Crippen molar-refractivity contribution in [2.24, 2.45) is 5.10 Å². The number of aromatic amines is 1. The molecule has 0 unspecified atom stereocenters. The van der Waals surface area contributed by atoms with Crippen LogP contribution in [0.15, 0.2) is 32.5 Å². The second-order valence-corrected chi connectivity index (χ2v) is 5.14. The summed E-state index contributed by atoms with van der Waals surface area (Å²) < 4.78 is 6.95. The van der Waals surface area contributed by atoms with Crippen LogP contribution in [0.4, 0.5) is 0 Å². The molecular weight excluding hydrogens is 304 g/mol. The molecule has 2 N–H and O–H groups in total. The third-order valence-corrected chi connectivity index (χ3v) is 3.51. The number of rotatable bonds is 2. The fraction of sp³-hybridized carbons (Fsp3) is 0.143. The number of aromatic hydroxyl groups is 1. The molecule has 0 amide bonds. The highest BCUT2D eigenvalue weighted by molar-refractivity contribution is 7.71. The lowest BCUT2D eigenvalue weighted by molar-refractivity contribution is 0.472. The Morgan fingerprint density at radius 3 is 2.91 bits per heavy atom. The Morgan fingerprint density at radius 2 is 2.23 bits per heavy atom. The molecule has 0 bridgehead atoms. The van der Waals surface area contributed by atoms with E-state index in [2.05, 4.69) is 15.3 Å². The van der Waals surface area contributed by atoms with Crippen LogP contribution in [0.5, 0.6) is 5.75 Å². The molecule has 2 heterocycles. The number of H-pyrrole nitrogens is 1. The molecule has 7 nitrogen and oxygen atoms in total. The van der Waals surface area contributed by atoms with Crippen molar-refractivity contribution in [2.45, 2.75) is 13.8 Å². The summed E-state index contributed by atoms with van der Waals surface area (Å²) in [6.07, 6.45) is 1.39. The molecule has 0 aliphatic carbocycles. The first-order chi connectivity index (χ1) is 10.5. The van der Waals surface area contributed by atoms with Gasteiger partial charge in [-0.2, -0.15) is 14.9 Å². The lowest BCUT2D eigenvalue weighted by atomic mass is 10.1. The molecule has 0 saturated carbocycles. The van der Waals surface area contributed by atoms with Gasteiger partial charge in [-0.15, -0.1) is 0 Å². The lowest BCUT2D eigenvalue weighted by Crippen LogP contribution is -2.01. The first-order valence-electron chi connectivity index (χ1n) is 6.42. The van der Waals surface area contributed by atoms with Crippen LogP contribution in [0.3, 0.4) is 0 Å². The van der Waals surface area contributed by atoms with Gasteiger partial charge in [0, 0.05) is 11.5 Å². The summed E-state index contributed by atoms with van der Waals surface area (Å²) in [4.78, 5) is 11.6. The van der Waals surface area contributed by atoms with E-state index < -0.39 is 5.63 Å². The largest absolute Gasteiger partial charge is 0.507 e. The van der Waals surface area contributed by atoms with E-state index in [9.17, 15) is 9.90 Å². The quantitative estimate of drug-likeness (QED) is 0.429. The van der Waals surface area contributed by atoms with Crippen LogP contribution in [0.2, 0.25) is 0 Å². The Kier molecular flexibility index (Phi) is 3.38. The Morgan fingerprint density at radius 1 is 1.45 bits per heavy atom. The highest BCUT2D eigenvalue weighted by Gasteiger charge is 2.11. The van der Waals surface area contributed by atoms with Crippen molar-refractivity contribution in [3.8, 4) is 5.75 Å². The number of fused-ring (bicyclic) bond motifs is 1. The van der Waals surface area contributed by atoms with E-state index in [1.54, 1.807) is 19.9 Å². The summed E-state index contributed by atoms with van der Waals surface area (Å²) in [5.41, 5.74) is 0.862. The van der Waals surface area contributed by atoms with Crippen molar-refractivity contribution >= 4 is 29.4 Å². The minimum absolute atomic E-state index is 0.0438. The maximum absolute atomic E-state index is 11.6. The van der Waals surface area contributed by atoms with Crippen molar-refractivity contribution in [3.63, 3.8) is 0 Å². The number of nitrogens with one attached hydrogen (secondary N) is 1. The minimum Gasteiger partial charge on any atom is -0.507 e. The number of hydrogen-bond acceptors (Lipinski definition) is 6. The highest BCUT2D eigenvalue weighted by Crippen LogP contribution is 2.26. The van der Waals surface area contributed by atoms with Gasteiger partial charge in [0.25, 0.3) is 0 Å². The van der Waals surface area contributed by atoms with Crippen molar-refractivity contribution in [1.29, 1.82) is 0 Å². The van der Waals surface area contributed by atoms with Gasteiger partial charge in [-0.25, -0.2) is 4.79 Å². The molecule has 0 fully saturated rings. The second-order valence-electron chi connectivity index (χ2n) is 4.76. The Hall–Kier alpha value is -2.74. The monoisotopic (exact) mass is 316 g/mol. The summed E-state index contributed by atoms with van der Waals surface area (Å²) >= 11 is 5.05. The molecule has 0 aliphatic heterocycles. The van der Waals surface area contributed by atoms with Crippen LogP contribution in [0.1, 0.15) is 17.0 Å². The van der Waals surface area contributed by atoms with Gasteiger partial charge in [0.1, 0.15) is 11.6 Å². The van der Waals surface area contributed by atoms with E-state index in [0.717, 1.165) is 10.9 Å². The third kappa shape index (κ3) is 2.33. The fourth-order valence-electron chi connectivity index (χ4n) is 2.14. The van der Waals surface area contributed by atoms with Gasteiger partial charge in [0.05, 0.1) is 11.8 Å². The smallest absolute Gasteiger partial charge is 0.336 e. The second kappa shape index (κ2) is 5.23. The van der Waals surface area contributed by atoms with Gasteiger partial charge < -0.3 is 9.52 Å². The van der Waals surface area contributed by atoms with E-state index in [0.29, 0.717) is 16.2 Å². The summed E-state index contributed by atoms with van der Waals surface area (Å²) in [6.45, 7) is 3.53. The molecule has 2 aromatic heterocycles. The predicted molar refractivity (Wildman–Crippen MR) is 84.0 cm³/mol. The van der Waals surface area contributed by atoms with Crippen molar-refractivity contribution in [1.82, 2.24) is 14.9 Å². The minimum atomic E-state index is -0.485. The number of hydrogen-bond donors (Lipinski definition) is 2. The first-order valence-corrected chi connectivity index (χ1v) is 6.83. The molecule has 112 valence electrons. The van der Waals surface area contributed by atoms with Crippen LogP contribution in [-0.2, 0) is 0 Å². The van der Waals surface area contributed by atoms with Crippen molar-refractivity contribution in [3.05, 3.63) is 50.3 Å². The average molecular weight is 316 g/mol. The molecule has 0 saturated heterocycles. The molecule has 0 atom stereocenters. The van der Waals surface area contributed by atoms with E-state index >= 15 is 0 Å². The molecule has 3 aromatic rings. The Balaban J connectivity index is 2.25. The van der Waals surface area contributed by atoms with E-state index in [-0.39, 0.29) is 11.3 Å². The summed E-state index contributed by atoms with van der Waals surface area (Å²) in [5.74, 6) is 0.524. The van der Waals surface area contributed by atoms with Gasteiger partial charge in [0.15, 0.2) is 5.58 Å². The topological polar surface area (TPSA) is 96.4 Å². The fourth-order valence-corrected chi connectivity index (χ4v) is 2.37. The normalized spacial score (nSPS) is 11.5. The van der Waals surface area contributed by atoms with E-state index in [1.807, 2.05) is 0 Å². The molecule has 1 aromatic carbocycles. The van der Waals surface area contributed by atoms with Crippen LogP contribution >= 0.6 is 12.2 Å². The SMILES string of the molecule is Cc1cc(=O)oc2c(/C=N/n3c(C)n[nH]c3=S)c(O)ccc12. The van der Waals surface area contributed by atoms with Gasteiger partial charge in [-0.05, 0) is 43.8 Å². The molecular formula is C14H12N4O3S. The molecule has 22 heavy (non-hydrogen) atoms. The van der Waals surface area contributed by atoms with Crippen molar-refractivity contribution in [2.75, 3.05) is 0 Å². The van der Waals surface area contributed by atoms with Gasteiger partial charge in [0.2, 0.25) is 4.77 Å². The molecule has 8 heteroatoms. The third-order valence-electron chi connectivity index (χ3n) is 3.25. The highest BCUT2D eigenvalue weighted by atomic mass is 32.1. The number of phenols is 1. The molecule has 0 radical (unpaired) electrons. The summed E-state index contributed by atoms with van der Waals surface area (Å²) in [7, 11) is 0. The predicted octanol–water partition coefficient (Wildman–Crippen LogP) is 2.25. The van der Waals surface area contributed by atoms with Crippen molar-refractivity contribution < 1.29 is 9.52 Å². The van der Waals surface area contributed by atoms with Crippen LogP contribution in [0.25, 0.3) is 11.0 Å². The first kappa shape index (κ1) is 14.2. The van der Waals surface area contributed by atoms with E-state index in [4.69, 9.17) is 16.6 Å². The molecule has 0 spiro atoms. The maximum Gasteiger partial charge on any atom is 0.336 e. The zero-order valence-corrected chi connectivity index (χ0v) is 12.6. The Labute approximate surface area is 129 Å².